The lowest BCUT2D eigenvalue weighted by atomic mass is 9.88. The molecule has 1 aromatic heterocycles. The second-order valence-corrected chi connectivity index (χ2v) is 4.77. The van der Waals surface area contributed by atoms with Crippen LogP contribution >= 0.6 is 0 Å². The van der Waals surface area contributed by atoms with Gasteiger partial charge in [0, 0.05) is 25.4 Å². The summed E-state index contributed by atoms with van der Waals surface area (Å²) in [4.78, 5) is 16.4. The first-order chi connectivity index (χ1) is 7.79. The lowest BCUT2D eigenvalue weighted by molar-refractivity contribution is 0.0884. The van der Waals surface area contributed by atoms with E-state index in [9.17, 15) is 4.79 Å². The number of aromatic nitrogens is 2. The quantitative estimate of drug-likeness (QED) is 0.718. The summed E-state index contributed by atoms with van der Waals surface area (Å²) in [5.41, 5.74) is 0. The Morgan fingerprint density at radius 1 is 1.25 bits per heavy atom. The lowest BCUT2D eigenvalue weighted by Crippen LogP contribution is -2.19. The molecule has 0 unspecified atom stereocenters. The van der Waals surface area contributed by atoms with E-state index in [1.165, 1.54) is 32.1 Å². The molecule has 1 saturated carbocycles. The Morgan fingerprint density at radius 2 is 1.88 bits per heavy atom. The molecule has 0 atom stereocenters. The molecule has 1 fully saturated rings. The van der Waals surface area contributed by atoms with E-state index in [0.29, 0.717) is 5.82 Å². The number of hydrogen-bond acceptors (Lipinski definition) is 2. The molecule has 1 heterocycles. The Hall–Kier alpha value is -1.12. The molecule has 3 heteroatoms. The Balaban J connectivity index is 2.05. The van der Waals surface area contributed by atoms with Crippen molar-refractivity contribution in [2.24, 2.45) is 13.0 Å². The SMILES string of the molecule is Cn1ccnc1C(=O)C1CCCCCCC1. The van der Waals surface area contributed by atoms with E-state index in [1.54, 1.807) is 6.20 Å². The van der Waals surface area contributed by atoms with E-state index in [0.717, 1.165) is 12.8 Å². The van der Waals surface area contributed by atoms with Crippen molar-refractivity contribution in [2.75, 3.05) is 0 Å². The molecule has 0 N–H and O–H groups in total. The highest BCUT2D eigenvalue weighted by Crippen LogP contribution is 2.24. The topological polar surface area (TPSA) is 34.9 Å². The fourth-order valence-corrected chi connectivity index (χ4v) is 2.50. The van der Waals surface area contributed by atoms with E-state index in [-0.39, 0.29) is 11.7 Å². The van der Waals surface area contributed by atoms with Gasteiger partial charge < -0.3 is 4.57 Å². The lowest BCUT2D eigenvalue weighted by Gasteiger charge is -2.17. The van der Waals surface area contributed by atoms with Crippen molar-refractivity contribution in [1.82, 2.24) is 9.55 Å². The van der Waals surface area contributed by atoms with Crippen LogP contribution in [0.5, 0.6) is 0 Å². The van der Waals surface area contributed by atoms with E-state index in [4.69, 9.17) is 0 Å². The van der Waals surface area contributed by atoms with Crippen LogP contribution in [-0.4, -0.2) is 15.3 Å². The van der Waals surface area contributed by atoms with Crippen LogP contribution in [0.2, 0.25) is 0 Å². The van der Waals surface area contributed by atoms with Crippen LogP contribution in [0.3, 0.4) is 0 Å². The molecule has 16 heavy (non-hydrogen) atoms. The third kappa shape index (κ3) is 2.52. The normalized spacial score (nSPS) is 19.1. The number of imidazole rings is 1. The van der Waals surface area contributed by atoms with Crippen molar-refractivity contribution in [3.63, 3.8) is 0 Å². The van der Waals surface area contributed by atoms with Crippen molar-refractivity contribution in [3.8, 4) is 0 Å². The van der Waals surface area contributed by atoms with E-state index in [2.05, 4.69) is 4.98 Å². The van der Waals surface area contributed by atoms with Gasteiger partial charge in [-0.15, -0.1) is 0 Å². The summed E-state index contributed by atoms with van der Waals surface area (Å²) in [6.07, 6.45) is 11.9. The van der Waals surface area contributed by atoms with Crippen molar-refractivity contribution in [3.05, 3.63) is 18.2 Å². The second kappa shape index (κ2) is 5.28. The molecule has 1 aromatic rings. The maximum atomic E-state index is 12.3. The summed E-state index contributed by atoms with van der Waals surface area (Å²) < 4.78 is 1.83. The standard InChI is InChI=1S/C13H20N2O/c1-15-10-9-14-13(15)12(16)11-7-5-3-2-4-6-8-11/h9-11H,2-8H2,1H3. The minimum absolute atomic E-state index is 0.210. The summed E-state index contributed by atoms with van der Waals surface area (Å²) in [6, 6.07) is 0. The van der Waals surface area contributed by atoms with Crippen LogP contribution in [0.15, 0.2) is 12.4 Å². The predicted octanol–water partition coefficient (Wildman–Crippen LogP) is 2.96. The van der Waals surface area contributed by atoms with Crippen LogP contribution in [0.1, 0.15) is 55.6 Å². The second-order valence-electron chi connectivity index (χ2n) is 4.77. The minimum Gasteiger partial charge on any atom is -0.332 e. The first kappa shape index (κ1) is 11.4. The monoisotopic (exact) mass is 220 g/mol. The molecule has 2 rings (SSSR count). The first-order valence-corrected chi connectivity index (χ1v) is 6.30. The maximum Gasteiger partial charge on any atom is 0.201 e. The van der Waals surface area contributed by atoms with Gasteiger partial charge in [0.25, 0.3) is 0 Å². The van der Waals surface area contributed by atoms with Crippen molar-refractivity contribution >= 4 is 5.78 Å². The number of aryl methyl sites for hydroxylation is 1. The van der Waals surface area contributed by atoms with Crippen molar-refractivity contribution in [2.45, 2.75) is 44.9 Å². The van der Waals surface area contributed by atoms with Gasteiger partial charge in [0.2, 0.25) is 5.78 Å². The van der Waals surface area contributed by atoms with Crippen LogP contribution in [0, 0.1) is 5.92 Å². The van der Waals surface area contributed by atoms with Crippen LogP contribution in [0.25, 0.3) is 0 Å². The molecule has 0 bridgehead atoms. The Bertz CT molecular complexity index is 349. The predicted molar refractivity (Wildman–Crippen MR) is 63.3 cm³/mol. The van der Waals surface area contributed by atoms with Gasteiger partial charge in [-0.1, -0.05) is 32.1 Å². The number of nitrogens with zero attached hydrogens (tertiary/aromatic N) is 2. The first-order valence-electron chi connectivity index (χ1n) is 6.30. The number of Topliss-reactive ketones (excluding diaryl/α,β-unsaturated/α-hetero) is 1. The van der Waals surface area contributed by atoms with Crippen LogP contribution in [0.4, 0.5) is 0 Å². The molecule has 0 saturated heterocycles. The van der Waals surface area contributed by atoms with Crippen molar-refractivity contribution < 1.29 is 4.79 Å². The zero-order valence-corrected chi connectivity index (χ0v) is 9.98. The van der Waals surface area contributed by atoms with Gasteiger partial charge in [0.1, 0.15) is 0 Å². The fourth-order valence-electron chi connectivity index (χ4n) is 2.50. The molecule has 0 aliphatic heterocycles. The largest absolute Gasteiger partial charge is 0.332 e. The number of carbonyl (C=O) groups is 1. The molecule has 0 aromatic carbocycles. The Kier molecular flexibility index (Phi) is 3.75. The molecule has 88 valence electrons. The number of carbonyl (C=O) groups excluding carboxylic acids is 1. The Morgan fingerprint density at radius 3 is 2.44 bits per heavy atom. The average molecular weight is 220 g/mol. The molecule has 1 aliphatic carbocycles. The number of ketones is 1. The molecular weight excluding hydrogens is 200 g/mol. The highest BCUT2D eigenvalue weighted by atomic mass is 16.1. The van der Waals surface area contributed by atoms with Gasteiger partial charge in [0.15, 0.2) is 5.82 Å². The summed E-state index contributed by atoms with van der Waals surface area (Å²) in [5, 5.41) is 0. The zero-order chi connectivity index (χ0) is 11.4. The van der Waals surface area contributed by atoms with Crippen LogP contribution in [-0.2, 0) is 7.05 Å². The zero-order valence-electron chi connectivity index (χ0n) is 9.98. The van der Waals surface area contributed by atoms with E-state index < -0.39 is 0 Å². The van der Waals surface area contributed by atoms with Gasteiger partial charge in [-0.05, 0) is 12.8 Å². The van der Waals surface area contributed by atoms with Gasteiger partial charge >= 0.3 is 0 Å². The third-order valence-electron chi connectivity index (χ3n) is 3.52. The highest BCUT2D eigenvalue weighted by Gasteiger charge is 2.23. The molecule has 0 amide bonds. The average Bonchev–Trinajstić information content (AvgIpc) is 2.63. The number of rotatable bonds is 2. The molecular formula is C13H20N2O. The summed E-state index contributed by atoms with van der Waals surface area (Å²) in [7, 11) is 1.89. The minimum atomic E-state index is 0.210. The third-order valence-corrected chi connectivity index (χ3v) is 3.52. The Labute approximate surface area is 96.9 Å². The molecule has 1 aliphatic rings. The molecule has 0 radical (unpaired) electrons. The van der Waals surface area contributed by atoms with Gasteiger partial charge in [-0.2, -0.15) is 0 Å². The smallest absolute Gasteiger partial charge is 0.201 e. The van der Waals surface area contributed by atoms with Gasteiger partial charge in [-0.25, -0.2) is 4.98 Å². The molecule has 3 nitrogen and oxygen atoms in total. The maximum absolute atomic E-state index is 12.3. The fraction of sp³-hybridized carbons (Fsp3) is 0.692. The molecule has 0 spiro atoms. The number of hydrogen-bond donors (Lipinski definition) is 0. The summed E-state index contributed by atoms with van der Waals surface area (Å²) in [6.45, 7) is 0. The van der Waals surface area contributed by atoms with Crippen LogP contribution < -0.4 is 0 Å². The van der Waals surface area contributed by atoms with E-state index in [1.807, 2.05) is 17.8 Å². The van der Waals surface area contributed by atoms with Gasteiger partial charge in [0.05, 0.1) is 0 Å². The van der Waals surface area contributed by atoms with Gasteiger partial charge in [-0.3, -0.25) is 4.79 Å². The highest BCUT2D eigenvalue weighted by molar-refractivity contribution is 5.94. The van der Waals surface area contributed by atoms with Crippen molar-refractivity contribution in [1.29, 1.82) is 0 Å². The summed E-state index contributed by atoms with van der Waals surface area (Å²) >= 11 is 0. The summed E-state index contributed by atoms with van der Waals surface area (Å²) in [5.74, 6) is 1.08. The van der Waals surface area contributed by atoms with E-state index >= 15 is 0 Å².